The van der Waals surface area contributed by atoms with Crippen LogP contribution in [-0.4, -0.2) is 23.4 Å². The molecule has 0 fully saturated rings. The molecule has 0 spiro atoms. The SMILES string of the molecule is CCOC(=O)c1ccc(NC(=O)c2cc([N+](=O)[O-])ccc2Cl)c(Cl)c1. The zero-order valence-electron chi connectivity index (χ0n) is 12.9. The Balaban J connectivity index is 2.25. The van der Waals surface area contributed by atoms with Crippen molar-refractivity contribution in [3.8, 4) is 0 Å². The predicted molar refractivity (Wildman–Crippen MR) is 93.5 cm³/mol. The van der Waals surface area contributed by atoms with Gasteiger partial charge in [0.1, 0.15) is 0 Å². The van der Waals surface area contributed by atoms with Crippen molar-refractivity contribution >= 4 is 46.5 Å². The van der Waals surface area contributed by atoms with Gasteiger partial charge in [-0.1, -0.05) is 23.2 Å². The second kappa shape index (κ2) is 7.96. The molecule has 0 radical (unpaired) electrons. The Bertz CT molecular complexity index is 854. The van der Waals surface area contributed by atoms with Crippen LogP contribution in [0.1, 0.15) is 27.6 Å². The van der Waals surface area contributed by atoms with Crippen molar-refractivity contribution in [1.82, 2.24) is 0 Å². The molecular weight excluding hydrogens is 371 g/mol. The van der Waals surface area contributed by atoms with E-state index in [4.69, 9.17) is 27.9 Å². The number of amides is 1. The summed E-state index contributed by atoms with van der Waals surface area (Å²) in [5.41, 5.74) is 0.125. The average Bonchev–Trinajstić information content (AvgIpc) is 2.56. The van der Waals surface area contributed by atoms with Crippen LogP contribution in [0, 0.1) is 10.1 Å². The van der Waals surface area contributed by atoms with E-state index in [-0.39, 0.29) is 39.2 Å². The number of anilines is 1. The second-order valence-electron chi connectivity index (χ2n) is 4.79. The number of benzene rings is 2. The third kappa shape index (κ3) is 4.46. The Kier molecular flexibility index (Phi) is 5.95. The molecule has 7 nitrogen and oxygen atoms in total. The summed E-state index contributed by atoms with van der Waals surface area (Å²) in [6.45, 7) is 1.90. The van der Waals surface area contributed by atoms with Gasteiger partial charge in [0.15, 0.2) is 0 Å². The van der Waals surface area contributed by atoms with Crippen molar-refractivity contribution in [2.24, 2.45) is 0 Å². The Morgan fingerprint density at radius 1 is 1.16 bits per heavy atom. The summed E-state index contributed by atoms with van der Waals surface area (Å²) in [5, 5.41) is 13.5. The molecule has 0 heterocycles. The number of hydrogen-bond donors (Lipinski definition) is 1. The van der Waals surface area contributed by atoms with Gasteiger partial charge in [0.2, 0.25) is 0 Å². The van der Waals surface area contributed by atoms with Crippen LogP contribution in [0.4, 0.5) is 11.4 Å². The first-order valence-corrected chi connectivity index (χ1v) is 7.81. The molecule has 0 aliphatic heterocycles. The minimum atomic E-state index is -0.667. The van der Waals surface area contributed by atoms with Crippen LogP contribution in [0.2, 0.25) is 10.0 Å². The molecule has 2 aromatic rings. The first-order valence-electron chi connectivity index (χ1n) is 7.05. The number of halogens is 2. The number of esters is 1. The molecule has 0 aromatic heterocycles. The summed E-state index contributed by atoms with van der Waals surface area (Å²) < 4.78 is 4.86. The van der Waals surface area contributed by atoms with E-state index < -0.39 is 16.8 Å². The average molecular weight is 383 g/mol. The van der Waals surface area contributed by atoms with Crippen LogP contribution in [0.3, 0.4) is 0 Å². The van der Waals surface area contributed by atoms with Gasteiger partial charge in [-0.2, -0.15) is 0 Å². The highest BCUT2D eigenvalue weighted by molar-refractivity contribution is 6.36. The Morgan fingerprint density at radius 2 is 1.88 bits per heavy atom. The standard InChI is InChI=1S/C16H12Cl2N2O5/c1-2-25-16(22)9-3-6-14(13(18)7-9)19-15(21)11-8-10(20(23)24)4-5-12(11)17/h3-8H,2H2,1H3,(H,19,21). The van der Waals surface area contributed by atoms with Crippen molar-refractivity contribution in [2.75, 3.05) is 11.9 Å². The maximum atomic E-state index is 12.3. The normalized spacial score (nSPS) is 10.2. The van der Waals surface area contributed by atoms with Crippen LogP contribution in [0.5, 0.6) is 0 Å². The molecule has 0 aliphatic carbocycles. The summed E-state index contributed by atoms with van der Waals surface area (Å²) in [6.07, 6.45) is 0. The molecule has 0 saturated carbocycles. The van der Waals surface area contributed by atoms with E-state index in [2.05, 4.69) is 5.32 Å². The van der Waals surface area contributed by atoms with Crippen molar-refractivity contribution in [2.45, 2.75) is 6.92 Å². The quantitative estimate of drug-likeness (QED) is 0.471. The minimum Gasteiger partial charge on any atom is -0.462 e. The largest absolute Gasteiger partial charge is 0.462 e. The first-order chi connectivity index (χ1) is 11.8. The number of hydrogen-bond acceptors (Lipinski definition) is 5. The molecule has 25 heavy (non-hydrogen) atoms. The Hall–Kier alpha value is -2.64. The highest BCUT2D eigenvalue weighted by Crippen LogP contribution is 2.27. The fourth-order valence-electron chi connectivity index (χ4n) is 1.95. The third-order valence-electron chi connectivity index (χ3n) is 3.13. The lowest BCUT2D eigenvalue weighted by atomic mass is 10.1. The molecule has 1 amide bonds. The van der Waals surface area contributed by atoms with E-state index in [1.54, 1.807) is 6.92 Å². The lowest BCUT2D eigenvalue weighted by Crippen LogP contribution is -2.13. The van der Waals surface area contributed by atoms with Crippen LogP contribution in [0.15, 0.2) is 36.4 Å². The first kappa shape index (κ1) is 18.7. The molecule has 0 aliphatic rings. The van der Waals surface area contributed by atoms with E-state index in [1.807, 2.05) is 0 Å². The Labute approximate surface area is 152 Å². The van der Waals surface area contributed by atoms with Crippen molar-refractivity contribution in [3.05, 3.63) is 67.7 Å². The maximum absolute atomic E-state index is 12.3. The molecule has 1 N–H and O–H groups in total. The molecule has 0 bridgehead atoms. The third-order valence-corrected chi connectivity index (χ3v) is 3.78. The fourth-order valence-corrected chi connectivity index (χ4v) is 2.38. The molecule has 0 unspecified atom stereocenters. The predicted octanol–water partition coefficient (Wildman–Crippen LogP) is 4.33. The molecule has 2 aromatic carbocycles. The number of nitrogens with one attached hydrogen (secondary N) is 1. The summed E-state index contributed by atoms with van der Waals surface area (Å²) in [4.78, 5) is 34.2. The van der Waals surface area contributed by atoms with Gasteiger partial charge in [0.25, 0.3) is 11.6 Å². The van der Waals surface area contributed by atoms with E-state index in [0.717, 1.165) is 6.07 Å². The van der Waals surface area contributed by atoms with E-state index in [0.29, 0.717) is 0 Å². The monoisotopic (exact) mass is 382 g/mol. The molecule has 9 heteroatoms. The number of nitro benzene ring substituents is 1. The van der Waals surface area contributed by atoms with Gasteiger partial charge in [-0.3, -0.25) is 14.9 Å². The maximum Gasteiger partial charge on any atom is 0.338 e. The number of ether oxygens (including phenoxy) is 1. The topological polar surface area (TPSA) is 98.5 Å². The van der Waals surface area contributed by atoms with Gasteiger partial charge in [0.05, 0.1) is 38.4 Å². The van der Waals surface area contributed by atoms with Gasteiger partial charge >= 0.3 is 5.97 Å². The molecule has 0 atom stereocenters. The van der Waals surface area contributed by atoms with Gasteiger partial charge in [-0.15, -0.1) is 0 Å². The van der Waals surface area contributed by atoms with Gasteiger partial charge < -0.3 is 10.1 Å². The van der Waals surface area contributed by atoms with Crippen molar-refractivity contribution < 1.29 is 19.2 Å². The molecule has 130 valence electrons. The summed E-state index contributed by atoms with van der Waals surface area (Å²) in [6, 6.07) is 7.75. The number of carbonyl (C=O) groups excluding carboxylic acids is 2. The number of rotatable bonds is 5. The zero-order chi connectivity index (χ0) is 18.6. The molecule has 2 rings (SSSR count). The summed E-state index contributed by atoms with van der Waals surface area (Å²) in [5.74, 6) is -1.21. The fraction of sp³-hybridized carbons (Fsp3) is 0.125. The zero-order valence-corrected chi connectivity index (χ0v) is 14.4. The smallest absolute Gasteiger partial charge is 0.338 e. The number of nitro groups is 1. The molecular formula is C16H12Cl2N2O5. The van der Waals surface area contributed by atoms with Gasteiger partial charge in [0, 0.05) is 12.1 Å². The number of nitrogens with zero attached hydrogens (tertiary/aromatic N) is 1. The van der Waals surface area contributed by atoms with Crippen LogP contribution in [0.25, 0.3) is 0 Å². The van der Waals surface area contributed by atoms with Crippen LogP contribution < -0.4 is 5.32 Å². The highest BCUT2D eigenvalue weighted by Gasteiger charge is 2.17. The molecule has 0 saturated heterocycles. The lowest BCUT2D eigenvalue weighted by molar-refractivity contribution is -0.384. The van der Waals surface area contributed by atoms with Gasteiger partial charge in [-0.05, 0) is 31.2 Å². The number of non-ortho nitro benzene ring substituents is 1. The van der Waals surface area contributed by atoms with Crippen LogP contribution in [-0.2, 0) is 4.74 Å². The van der Waals surface area contributed by atoms with Crippen molar-refractivity contribution in [1.29, 1.82) is 0 Å². The van der Waals surface area contributed by atoms with Crippen LogP contribution >= 0.6 is 23.2 Å². The Morgan fingerprint density at radius 3 is 2.48 bits per heavy atom. The summed E-state index contributed by atoms with van der Waals surface area (Å²) in [7, 11) is 0. The second-order valence-corrected chi connectivity index (χ2v) is 5.60. The van der Waals surface area contributed by atoms with E-state index >= 15 is 0 Å². The number of carbonyl (C=O) groups is 2. The highest BCUT2D eigenvalue weighted by atomic mass is 35.5. The van der Waals surface area contributed by atoms with Gasteiger partial charge in [-0.25, -0.2) is 4.79 Å². The van der Waals surface area contributed by atoms with E-state index in [9.17, 15) is 19.7 Å². The lowest BCUT2D eigenvalue weighted by Gasteiger charge is -2.10. The minimum absolute atomic E-state index is 0.0577. The van der Waals surface area contributed by atoms with E-state index in [1.165, 1.54) is 30.3 Å². The van der Waals surface area contributed by atoms with Crippen molar-refractivity contribution in [3.63, 3.8) is 0 Å². The summed E-state index contributed by atoms with van der Waals surface area (Å²) >= 11 is 12.0.